The Hall–Kier alpha value is -2.64. The average molecular weight is 446 g/mol. The van der Waals surface area contributed by atoms with Crippen LogP contribution < -0.4 is 9.64 Å². The highest BCUT2D eigenvalue weighted by atomic mass is 35.5. The number of fused-ring (bicyclic) bond motifs is 1. The summed E-state index contributed by atoms with van der Waals surface area (Å²) in [6.45, 7) is 7.30. The summed E-state index contributed by atoms with van der Waals surface area (Å²) in [5.41, 5.74) is 2.57. The number of hydrogen-bond acceptors (Lipinski definition) is 5. The van der Waals surface area contributed by atoms with Gasteiger partial charge in [0.05, 0.1) is 17.8 Å². The number of nitrogens with zero attached hydrogens (tertiary/aromatic N) is 5. The van der Waals surface area contributed by atoms with Crippen molar-refractivity contribution in [3.05, 3.63) is 52.7 Å². The fraction of sp³-hybridized carbons (Fsp3) is 0.333. The van der Waals surface area contributed by atoms with E-state index in [2.05, 4.69) is 28.9 Å². The molecule has 0 aliphatic carbocycles. The number of amides is 1. The van der Waals surface area contributed by atoms with Gasteiger partial charge in [-0.25, -0.2) is 9.97 Å². The molecule has 0 N–H and O–H groups in total. The van der Waals surface area contributed by atoms with E-state index in [0.29, 0.717) is 23.2 Å². The topological polar surface area (TPSA) is 73.1 Å². The van der Waals surface area contributed by atoms with Crippen LogP contribution in [0.3, 0.4) is 0 Å². The SMILES string of the molecule is CC(C)Cn1cc(-c2ccc(N3CC(C)Oc4ncnc(Cl)c4C3=O)cc2Cl)cn1. The van der Waals surface area contributed by atoms with Crippen LogP contribution in [-0.2, 0) is 6.54 Å². The van der Waals surface area contributed by atoms with Crippen molar-refractivity contribution in [3.8, 4) is 17.0 Å². The van der Waals surface area contributed by atoms with Gasteiger partial charge < -0.3 is 9.64 Å². The molecule has 1 aromatic carbocycles. The van der Waals surface area contributed by atoms with Crippen LogP contribution in [0.4, 0.5) is 5.69 Å². The van der Waals surface area contributed by atoms with E-state index in [1.165, 1.54) is 6.33 Å². The van der Waals surface area contributed by atoms with Crippen molar-refractivity contribution in [2.75, 3.05) is 11.4 Å². The number of hydrogen-bond donors (Lipinski definition) is 0. The number of carbonyl (C=O) groups is 1. The van der Waals surface area contributed by atoms with Crippen LogP contribution in [0, 0.1) is 5.92 Å². The van der Waals surface area contributed by atoms with E-state index in [4.69, 9.17) is 27.9 Å². The minimum Gasteiger partial charge on any atom is -0.472 e. The van der Waals surface area contributed by atoms with Crippen molar-refractivity contribution in [1.29, 1.82) is 0 Å². The predicted molar refractivity (Wildman–Crippen MR) is 116 cm³/mol. The number of carbonyl (C=O) groups excluding carboxylic acids is 1. The first-order valence-corrected chi connectivity index (χ1v) is 10.4. The number of halogens is 2. The highest BCUT2D eigenvalue weighted by molar-refractivity contribution is 6.34. The Balaban J connectivity index is 1.67. The molecule has 0 bridgehead atoms. The van der Waals surface area contributed by atoms with Crippen LogP contribution in [0.25, 0.3) is 11.1 Å². The lowest BCUT2D eigenvalue weighted by molar-refractivity contribution is 0.0987. The van der Waals surface area contributed by atoms with E-state index in [1.54, 1.807) is 17.2 Å². The van der Waals surface area contributed by atoms with Crippen LogP contribution in [0.5, 0.6) is 5.88 Å². The third kappa shape index (κ3) is 4.00. The molecule has 1 atom stereocenters. The molecule has 156 valence electrons. The van der Waals surface area contributed by atoms with Gasteiger partial charge in [-0.05, 0) is 25.0 Å². The lowest BCUT2D eigenvalue weighted by Gasteiger charge is -2.23. The molecule has 2 aromatic heterocycles. The second-order valence-corrected chi connectivity index (χ2v) is 8.46. The van der Waals surface area contributed by atoms with Crippen molar-refractivity contribution < 1.29 is 9.53 Å². The molecule has 1 aliphatic heterocycles. The number of rotatable bonds is 4. The smallest absolute Gasteiger partial charge is 0.267 e. The van der Waals surface area contributed by atoms with Gasteiger partial charge in [0.2, 0.25) is 5.88 Å². The van der Waals surface area contributed by atoms with Crippen molar-refractivity contribution in [2.24, 2.45) is 5.92 Å². The van der Waals surface area contributed by atoms with Crippen molar-refractivity contribution in [2.45, 2.75) is 33.4 Å². The molecule has 4 rings (SSSR count). The zero-order valence-electron chi connectivity index (χ0n) is 16.8. The standard InChI is InChI=1S/C21H21Cl2N5O2/c1-12(2)8-27-10-14(7-26-27)16-5-4-15(6-17(16)22)28-9-13(3)30-20-18(21(28)29)19(23)24-11-25-20/h4-7,10-13H,8-9H2,1-3H3. The second-order valence-electron chi connectivity index (χ2n) is 7.70. The molecule has 1 unspecified atom stereocenters. The molecule has 3 aromatic rings. The van der Waals surface area contributed by atoms with E-state index in [1.807, 2.05) is 29.9 Å². The Kier molecular flexibility index (Phi) is 5.66. The summed E-state index contributed by atoms with van der Waals surface area (Å²) in [4.78, 5) is 22.8. The molecule has 0 saturated carbocycles. The molecule has 0 saturated heterocycles. The lowest BCUT2D eigenvalue weighted by atomic mass is 10.1. The molecule has 0 spiro atoms. The molecule has 9 heteroatoms. The number of aromatic nitrogens is 4. The summed E-state index contributed by atoms with van der Waals surface area (Å²) in [7, 11) is 0. The summed E-state index contributed by atoms with van der Waals surface area (Å²) < 4.78 is 7.68. The summed E-state index contributed by atoms with van der Waals surface area (Å²) in [6, 6.07) is 5.51. The van der Waals surface area contributed by atoms with Gasteiger partial charge in [-0.15, -0.1) is 0 Å². The van der Waals surface area contributed by atoms with Gasteiger partial charge >= 0.3 is 0 Å². The van der Waals surface area contributed by atoms with E-state index >= 15 is 0 Å². The van der Waals surface area contributed by atoms with E-state index in [9.17, 15) is 4.79 Å². The lowest BCUT2D eigenvalue weighted by Crippen LogP contribution is -2.36. The van der Waals surface area contributed by atoms with Gasteiger partial charge in [0.1, 0.15) is 23.1 Å². The molecule has 0 fully saturated rings. The Morgan fingerprint density at radius 3 is 2.80 bits per heavy atom. The zero-order chi connectivity index (χ0) is 21.4. The van der Waals surface area contributed by atoms with Gasteiger partial charge in [0.15, 0.2) is 0 Å². The Labute approximate surface area is 184 Å². The summed E-state index contributed by atoms with van der Waals surface area (Å²) in [5.74, 6) is 0.358. The summed E-state index contributed by atoms with van der Waals surface area (Å²) >= 11 is 12.8. The molecule has 1 amide bonds. The van der Waals surface area contributed by atoms with Crippen LogP contribution in [-0.4, -0.2) is 38.3 Å². The molecule has 7 nitrogen and oxygen atoms in total. The van der Waals surface area contributed by atoms with Gasteiger partial charge in [-0.3, -0.25) is 9.48 Å². The molecule has 0 radical (unpaired) electrons. The van der Waals surface area contributed by atoms with Gasteiger partial charge in [-0.2, -0.15) is 5.10 Å². The fourth-order valence-electron chi connectivity index (χ4n) is 3.43. The number of ether oxygens (including phenoxy) is 1. The Bertz CT molecular complexity index is 1100. The predicted octanol–water partition coefficient (Wildman–Crippen LogP) is 4.73. The molecular formula is C21H21Cl2N5O2. The maximum absolute atomic E-state index is 13.2. The number of anilines is 1. The van der Waals surface area contributed by atoms with Crippen LogP contribution in [0.2, 0.25) is 10.2 Å². The first-order chi connectivity index (χ1) is 14.3. The average Bonchev–Trinajstić information content (AvgIpc) is 3.07. The quantitative estimate of drug-likeness (QED) is 0.542. The maximum atomic E-state index is 13.2. The second kappa shape index (κ2) is 8.24. The first-order valence-electron chi connectivity index (χ1n) is 9.65. The van der Waals surface area contributed by atoms with Gasteiger partial charge in [0, 0.05) is 29.6 Å². The molecule has 30 heavy (non-hydrogen) atoms. The Morgan fingerprint density at radius 1 is 1.27 bits per heavy atom. The minimum atomic E-state index is -0.325. The van der Waals surface area contributed by atoms with E-state index in [0.717, 1.165) is 17.7 Å². The Morgan fingerprint density at radius 2 is 2.07 bits per heavy atom. The van der Waals surface area contributed by atoms with Crippen LogP contribution >= 0.6 is 23.2 Å². The van der Waals surface area contributed by atoms with Crippen LogP contribution in [0.1, 0.15) is 31.1 Å². The minimum absolute atomic E-state index is 0.0596. The molecule has 3 heterocycles. The molecular weight excluding hydrogens is 425 g/mol. The monoisotopic (exact) mass is 445 g/mol. The van der Waals surface area contributed by atoms with Crippen LogP contribution in [0.15, 0.2) is 36.9 Å². The van der Waals surface area contributed by atoms with Crippen molar-refractivity contribution >= 4 is 34.8 Å². The third-order valence-corrected chi connectivity index (χ3v) is 5.34. The zero-order valence-corrected chi connectivity index (χ0v) is 18.4. The van der Waals surface area contributed by atoms with Gasteiger partial charge in [-0.1, -0.05) is 43.1 Å². The summed E-state index contributed by atoms with van der Waals surface area (Å²) in [6.07, 6.45) is 4.76. The van der Waals surface area contributed by atoms with Gasteiger partial charge in [0.25, 0.3) is 5.91 Å². The molecule has 1 aliphatic rings. The summed E-state index contributed by atoms with van der Waals surface area (Å²) in [5, 5.41) is 4.99. The van der Waals surface area contributed by atoms with Crippen molar-refractivity contribution in [1.82, 2.24) is 19.7 Å². The first kappa shape index (κ1) is 20.6. The highest BCUT2D eigenvalue weighted by Crippen LogP contribution is 2.34. The highest BCUT2D eigenvalue weighted by Gasteiger charge is 2.32. The number of benzene rings is 1. The third-order valence-electron chi connectivity index (χ3n) is 4.74. The van der Waals surface area contributed by atoms with E-state index < -0.39 is 0 Å². The normalized spacial score (nSPS) is 16.4. The largest absolute Gasteiger partial charge is 0.472 e. The van der Waals surface area contributed by atoms with Crippen molar-refractivity contribution in [3.63, 3.8) is 0 Å². The maximum Gasteiger partial charge on any atom is 0.267 e. The fourth-order valence-corrected chi connectivity index (χ4v) is 3.92. The van der Waals surface area contributed by atoms with E-state index in [-0.39, 0.29) is 28.6 Å².